The summed E-state index contributed by atoms with van der Waals surface area (Å²) < 4.78 is 12.4. The minimum absolute atomic E-state index is 0.137. The van der Waals surface area contributed by atoms with Crippen molar-refractivity contribution in [2.45, 2.75) is 92.4 Å². The van der Waals surface area contributed by atoms with Gasteiger partial charge in [-0.05, 0) is 50.1 Å². The van der Waals surface area contributed by atoms with Gasteiger partial charge in [-0.1, -0.05) is 103 Å². The lowest BCUT2D eigenvalue weighted by molar-refractivity contribution is 0.101. The summed E-state index contributed by atoms with van der Waals surface area (Å²) in [6.07, 6.45) is 14.0. The Hall–Kier alpha value is -4.13. The number of allylic oxidation sites excluding steroid dienone is 1. The first-order valence-corrected chi connectivity index (χ1v) is 15.9. The number of fused-ring (bicyclic) bond motifs is 1. The van der Waals surface area contributed by atoms with Crippen molar-refractivity contribution in [1.29, 1.82) is 0 Å². The zero-order valence-electron chi connectivity index (χ0n) is 27.9. The van der Waals surface area contributed by atoms with E-state index >= 15 is 0 Å². The molecule has 0 spiro atoms. The molecule has 2 heterocycles. The van der Waals surface area contributed by atoms with Crippen LogP contribution in [-0.2, 0) is 6.42 Å². The average Bonchev–Trinajstić information content (AvgIpc) is 3.44. The van der Waals surface area contributed by atoms with Crippen LogP contribution in [0.5, 0.6) is 11.5 Å². The van der Waals surface area contributed by atoms with Gasteiger partial charge in [-0.25, -0.2) is 9.50 Å². The third-order valence-electron chi connectivity index (χ3n) is 6.98. The Balaban J connectivity index is 0.000000269. The van der Waals surface area contributed by atoms with E-state index in [1.807, 2.05) is 61.5 Å². The number of hydrogen-bond acceptors (Lipinski definition) is 6. The van der Waals surface area contributed by atoms with Gasteiger partial charge in [-0.3, -0.25) is 4.79 Å². The van der Waals surface area contributed by atoms with Crippen LogP contribution in [0.2, 0.25) is 0 Å². The molecule has 2 aromatic heterocycles. The maximum atomic E-state index is 10.9. The Morgan fingerprint density at radius 1 is 0.818 bits per heavy atom. The molecule has 0 unspecified atom stereocenters. The van der Waals surface area contributed by atoms with Gasteiger partial charge in [0.15, 0.2) is 28.7 Å². The summed E-state index contributed by atoms with van der Waals surface area (Å²) in [6.45, 7) is 14.0. The quantitative estimate of drug-likeness (QED) is 0.115. The topological polar surface area (TPSA) is 77.8 Å². The summed E-state index contributed by atoms with van der Waals surface area (Å²) in [4.78, 5) is 15.3. The fraction of sp³-hybridized carbons (Fsp3) is 0.432. The van der Waals surface area contributed by atoms with Crippen LogP contribution >= 0.6 is 0 Å². The van der Waals surface area contributed by atoms with Crippen molar-refractivity contribution in [2.75, 3.05) is 19.5 Å². The predicted octanol–water partition coefficient (Wildman–Crippen LogP) is 9.96. The number of hydrogen-bond donors (Lipinski definition) is 1. The summed E-state index contributed by atoms with van der Waals surface area (Å²) >= 11 is 0. The van der Waals surface area contributed by atoms with E-state index in [1.165, 1.54) is 50.5 Å². The van der Waals surface area contributed by atoms with Crippen molar-refractivity contribution in [1.82, 2.24) is 14.6 Å². The van der Waals surface area contributed by atoms with Crippen LogP contribution in [0.4, 0.5) is 5.82 Å². The number of aromatic nitrogens is 3. The van der Waals surface area contributed by atoms with E-state index in [2.05, 4.69) is 42.7 Å². The number of benzene rings is 2. The first kappa shape index (κ1) is 36.1. The number of unbranched alkanes of at least 4 members (excludes halogenated alkanes) is 6. The molecule has 4 aromatic rings. The Bertz CT molecular complexity index is 1420. The highest BCUT2D eigenvalue weighted by molar-refractivity contribution is 5.94. The largest absolute Gasteiger partial charge is 0.493 e. The van der Waals surface area contributed by atoms with Gasteiger partial charge in [0.05, 0.1) is 19.9 Å². The number of ether oxygens (including phenoxy) is 2. The first-order valence-electron chi connectivity index (χ1n) is 15.9. The van der Waals surface area contributed by atoms with Crippen molar-refractivity contribution in [3.05, 3.63) is 84.2 Å². The second kappa shape index (κ2) is 19.9. The number of carbonyl (C=O) groups is 1. The van der Waals surface area contributed by atoms with E-state index in [9.17, 15) is 4.79 Å². The van der Waals surface area contributed by atoms with Crippen LogP contribution < -0.4 is 14.8 Å². The monoisotopic (exact) mass is 600 g/mol. The van der Waals surface area contributed by atoms with E-state index in [4.69, 9.17) is 9.47 Å². The molecule has 7 heteroatoms. The molecule has 44 heavy (non-hydrogen) atoms. The normalized spacial score (nSPS) is 10.2. The van der Waals surface area contributed by atoms with Crippen LogP contribution in [0, 0.1) is 0 Å². The van der Waals surface area contributed by atoms with Crippen LogP contribution in [0.1, 0.15) is 102 Å². The first-order chi connectivity index (χ1) is 21.3. The van der Waals surface area contributed by atoms with Gasteiger partial charge in [0.1, 0.15) is 0 Å². The van der Waals surface area contributed by atoms with E-state index in [-0.39, 0.29) is 5.78 Å². The minimum Gasteiger partial charge on any atom is -0.493 e. The molecule has 0 saturated carbocycles. The van der Waals surface area contributed by atoms with E-state index in [1.54, 1.807) is 31.9 Å². The molecule has 0 amide bonds. The number of anilines is 1. The van der Waals surface area contributed by atoms with Crippen molar-refractivity contribution >= 4 is 17.2 Å². The van der Waals surface area contributed by atoms with E-state index in [0.717, 1.165) is 41.0 Å². The zero-order chi connectivity index (χ0) is 32.3. The summed E-state index contributed by atoms with van der Waals surface area (Å²) in [5, 5.41) is 7.64. The van der Waals surface area contributed by atoms with Crippen LogP contribution in [0.15, 0.2) is 73.1 Å². The highest BCUT2D eigenvalue weighted by Gasteiger charge is 2.11. The lowest BCUT2D eigenvalue weighted by Crippen LogP contribution is -1.98. The Labute approximate surface area is 264 Å². The van der Waals surface area contributed by atoms with Crippen LogP contribution in [0.25, 0.3) is 16.9 Å². The second-order valence-electron chi connectivity index (χ2n) is 10.9. The second-order valence-corrected chi connectivity index (χ2v) is 10.9. The molecule has 7 nitrogen and oxygen atoms in total. The number of aryl methyl sites for hydroxylation is 1. The summed E-state index contributed by atoms with van der Waals surface area (Å²) in [5.41, 5.74) is 5.55. The number of carbonyl (C=O) groups excluding carboxylic acids is 1. The number of nitrogens with one attached hydrogen (secondary N) is 1. The lowest BCUT2D eigenvalue weighted by atomic mass is 10.1. The average molecular weight is 601 g/mol. The number of methoxy groups -OCH3 is 2. The SMILES string of the molecule is C=C(C)Nc1cc2nccc(-c3ccc(OC)c(OC)c3)n2n1.CCCCCCCCC.CCCc1ccc(C(C)=O)cc1. The smallest absolute Gasteiger partial charge is 0.161 e. The number of rotatable bonds is 14. The highest BCUT2D eigenvalue weighted by Crippen LogP contribution is 2.32. The van der Waals surface area contributed by atoms with E-state index in [0.29, 0.717) is 17.3 Å². The molecule has 4 rings (SSSR count). The van der Waals surface area contributed by atoms with Gasteiger partial charge >= 0.3 is 0 Å². The molecule has 1 N–H and O–H groups in total. The molecule has 0 bridgehead atoms. The molecule has 2 aromatic carbocycles. The molecule has 0 atom stereocenters. The standard InChI is InChI=1S/C17H18N4O2.C11H14O.C9H20/c1-11(2)19-16-10-17-18-8-7-13(21(17)20-16)12-5-6-14(22-3)15(9-12)23-4;1-3-4-10-5-7-11(8-6-10)9(2)12;1-3-5-7-9-8-6-4-2/h5-10H,1H2,2-4H3,(H,19,20);5-8H,3-4H2,1-2H3;3-9H2,1-2H3. The predicted molar refractivity (Wildman–Crippen MR) is 184 cm³/mol. The molecule has 0 fully saturated rings. The van der Waals surface area contributed by atoms with Gasteiger partial charge < -0.3 is 14.8 Å². The molecular formula is C37H52N4O3. The van der Waals surface area contributed by atoms with Crippen molar-refractivity contribution in [3.8, 4) is 22.8 Å². The summed E-state index contributed by atoms with van der Waals surface area (Å²) in [7, 11) is 3.23. The van der Waals surface area contributed by atoms with Crippen LogP contribution in [-0.4, -0.2) is 34.6 Å². The minimum atomic E-state index is 0.137. The fourth-order valence-electron chi connectivity index (χ4n) is 4.61. The molecule has 0 radical (unpaired) electrons. The number of ketones is 1. The van der Waals surface area contributed by atoms with Crippen molar-refractivity contribution < 1.29 is 14.3 Å². The van der Waals surface area contributed by atoms with E-state index < -0.39 is 0 Å². The highest BCUT2D eigenvalue weighted by atomic mass is 16.5. The molecular weight excluding hydrogens is 548 g/mol. The van der Waals surface area contributed by atoms with Gasteiger partial charge in [-0.15, -0.1) is 5.10 Å². The maximum Gasteiger partial charge on any atom is 0.161 e. The number of nitrogens with zero attached hydrogens (tertiary/aromatic N) is 3. The summed E-state index contributed by atoms with van der Waals surface area (Å²) in [6, 6.07) is 17.4. The van der Waals surface area contributed by atoms with Gasteiger partial charge in [-0.2, -0.15) is 0 Å². The molecule has 0 aliphatic heterocycles. The maximum absolute atomic E-state index is 10.9. The zero-order valence-corrected chi connectivity index (χ0v) is 27.9. The van der Waals surface area contributed by atoms with Crippen LogP contribution in [0.3, 0.4) is 0 Å². The Morgan fingerprint density at radius 2 is 1.45 bits per heavy atom. The number of Topliss-reactive ketones (excluding diaryl/α,β-unsaturated/α-hetero) is 1. The molecule has 0 aliphatic rings. The van der Waals surface area contributed by atoms with Crippen molar-refractivity contribution in [3.63, 3.8) is 0 Å². The molecule has 238 valence electrons. The van der Waals surface area contributed by atoms with Gasteiger partial charge in [0, 0.05) is 29.1 Å². The summed E-state index contributed by atoms with van der Waals surface area (Å²) in [5.74, 6) is 2.20. The Morgan fingerprint density at radius 3 is 2.00 bits per heavy atom. The van der Waals surface area contributed by atoms with Gasteiger partial charge in [0.2, 0.25) is 0 Å². The lowest BCUT2D eigenvalue weighted by Gasteiger charge is -2.10. The Kier molecular flexibility index (Phi) is 16.3. The fourth-order valence-corrected chi connectivity index (χ4v) is 4.61. The molecule has 0 aliphatic carbocycles. The molecule has 0 saturated heterocycles. The van der Waals surface area contributed by atoms with Crippen molar-refractivity contribution in [2.24, 2.45) is 0 Å². The third-order valence-corrected chi connectivity index (χ3v) is 6.98. The third kappa shape index (κ3) is 11.9. The van der Waals surface area contributed by atoms with Gasteiger partial charge in [0.25, 0.3) is 0 Å².